The highest BCUT2D eigenvalue weighted by Gasteiger charge is 2.56. The predicted molar refractivity (Wildman–Crippen MR) is 77.3 cm³/mol. The van der Waals surface area contributed by atoms with Gasteiger partial charge in [-0.15, -0.1) is 0 Å². The van der Waals surface area contributed by atoms with Gasteiger partial charge in [-0.3, -0.25) is 9.59 Å². The number of carbonyl (C=O) groups is 2. The molecule has 0 amide bonds. The van der Waals surface area contributed by atoms with Gasteiger partial charge in [0.1, 0.15) is 12.2 Å². The smallest absolute Gasteiger partial charge is 0.309 e. The van der Waals surface area contributed by atoms with Crippen LogP contribution in [0.5, 0.6) is 0 Å². The van der Waals surface area contributed by atoms with Crippen molar-refractivity contribution in [2.75, 3.05) is 0 Å². The molecular weight excluding hydrogens is 268 g/mol. The maximum Gasteiger partial charge on any atom is 0.309 e. The summed E-state index contributed by atoms with van der Waals surface area (Å²) in [6.45, 7) is 8.04. The van der Waals surface area contributed by atoms with Crippen molar-refractivity contribution in [3.63, 3.8) is 0 Å². The number of fused-ring (bicyclic) bond motifs is 2. The summed E-state index contributed by atoms with van der Waals surface area (Å²) in [6, 6.07) is 0. The van der Waals surface area contributed by atoms with Crippen LogP contribution in [0.2, 0.25) is 0 Å². The van der Waals surface area contributed by atoms with Crippen LogP contribution in [0.25, 0.3) is 0 Å². The number of carbonyl (C=O) groups excluding carboxylic acids is 2. The summed E-state index contributed by atoms with van der Waals surface area (Å²) >= 11 is 0. The van der Waals surface area contributed by atoms with E-state index in [4.69, 9.17) is 9.47 Å². The Morgan fingerprint density at radius 1 is 1.29 bits per heavy atom. The number of hydrogen-bond donors (Lipinski definition) is 0. The summed E-state index contributed by atoms with van der Waals surface area (Å²) in [5.74, 6) is 1.32. The zero-order valence-corrected chi connectivity index (χ0v) is 13.4. The Morgan fingerprint density at radius 3 is 2.67 bits per heavy atom. The van der Waals surface area contributed by atoms with E-state index in [2.05, 4.69) is 13.8 Å². The minimum absolute atomic E-state index is 0.0184. The Kier molecular flexibility index (Phi) is 3.53. The van der Waals surface area contributed by atoms with Gasteiger partial charge in [-0.25, -0.2) is 0 Å². The highest BCUT2D eigenvalue weighted by molar-refractivity contribution is 5.75. The lowest BCUT2D eigenvalue weighted by molar-refractivity contribution is -0.159. The number of esters is 2. The van der Waals surface area contributed by atoms with Gasteiger partial charge in [0.05, 0.1) is 5.92 Å². The van der Waals surface area contributed by atoms with Crippen molar-refractivity contribution in [1.29, 1.82) is 0 Å². The molecule has 3 rings (SSSR count). The average molecular weight is 294 g/mol. The second kappa shape index (κ2) is 4.99. The zero-order chi connectivity index (χ0) is 15.4. The van der Waals surface area contributed by atoms with Gasteiger partial charge in [-0.05, 0) is 42.9 Å². The second-order valence-electron chi connectivity index (χ2n) is 7.78. The molecule has 0 radical (unpaired) electrons. The van der Waals surface area contributed by atoms with Crippen molar-refractivity contribution in [3.05, 3.63) is 0 Å². The molecule has 0 aromatic carbocycles. The van der Waals surface area contributed by atoms with Gasteiger partial charge in [0.15, 0.2) is 0 Å². The highest BCUT2D eigenvalue weighted by atomic mass is 16.6. The quantitative estimate of drug-likeness (QED) is 0.698. The molecule has 0 spiro atoms. The van der Waals surface area contributed by atoms with E-state index in [0.717, 1.165) is 25.7 Å². The minimum Gasteiger partial charge on any atom is -0.463 e. The van der Waals surface area contributed by atoms with E-state index in [1.54, 1.807) is 0 Å². The Balaban J connectivity index is 1.79. The molecule has 2 aliphatic carbocycles. The molecule has 0 bridgehead atoms. The maximum atomic E-state index is 11.9. The summed E-state index contributed by atoms with van der Waals surface area (Å²) in [5, 5.41) is 0. The molecule has 0 aromatic heterocycles. The molecule has 4 heteroatoms. The average Bonchev–Trinajstić information content (AvgIpc) is 2.60. The van der Waals surface area contributed by atoms with Crippen molar-refractivity contribution in [2.24, 2.45) is 29.1 Å². The maximum absolute atomic E-state index is 11.9. The lowest BCUT2D eigenvalue weighted by Crippen LogP contribution is -2.50. The first-order valence-corrected chi connectivity index (χ1v) is 8.18. The molecule has 4 nitrogen and oxygen atoms in total. The van der Waals surface area contributed by atoms with Crippen molar-refractivity contribution in [2.45, 2.75) is 65.6 Å². The van der Waals surface area contributed by atoms with Crippen LogP contribution in [0.3, 0.4) is 0 Å². The molecule has 3 unspecified atom stereocenters. The minimum atomic E-state index is -0.191. The van der Waals surface area contributed by atoms with E-state index in [1.165, 1.54) is 6.92 Å². The van der Waals surface area contributed by atoms with Gasteiger partial charge in [0, 0.05) is 12.8 Å². The molecular formula is C17H26O4. The number of rotatable bonds is 1. The van der Waals surface area contributed by atoms with Crippen molar-refractivity contribution < 1.29 is 19.1 Å². The molecule has 21 heavy (non-hydrogen) atoms. The van der Waals surface area contributed by atoms with Gasteiger partial charge >= 0.3 is 11.9 Å². The summed E-state index contributed by atoms with van der Waals surface area (Å²) in [7, 11) is 0. The normalized spacial score (nSPS) is 49.0. The van der Waals surface area contributed by atoms with E-state index in [0.29, 0.717) is 17.8 Å². The van der Waals surface area contributed by atoms with Gasteiger partial charge in [0.2, 0.25) is 0 Å². The Hall–Kier alpha value is -1.06. The molecule has 3 fully saturated rings. The summed E-state index contributed by atoms with van der Waals surface area (Å²) in [4.78, 5) is 23.1. The number of hydrogen-bond acceptors (Lipinski definition) is 4. The summed E-state index contributed by atoms with van der Waals surface area (Å²) < 4.78 is 11.1. The topological polar surface area (TPSA) is 52.6 Å². The van der Waals surface area contributed by atoms with Crippen molar-refractivity contribution in [3.8, 4) is 0 Å². The van der Waals surface area contributed by atoms with Crippen LogP contribution in [0.1, 0.15) is 53.4 Å². The Bertz CT molecular complexity index is 460. The monoisotopic (exact) mass is 294 g/mol. The van der Waals surface area contributed by atoms with Gasteiger partial charge in [-0.1, -0.05) is 20.8 Å². The van der Waals surface area contributed by atoms with Crippen LogP contribution in [0, 0.1) is 29.1 Å². The van der Waals surface area contributed by atoms with E-state index in [9.17, 15) is 9.59 Å². The van der Waals surface area contributed by atoms with Gasteiger partial charge < -0.3 is 9.47 Å². The predicted octanol–water partition coefficient (Wildman–Crippen LogP) is 2.94. The van der Waals surface area contributed by atoms with Crippen LogP contribution in [-0.4, -0.2) is 24.1 Å². The third-order valence-electron chi connectivity index (χ3n) is 6.20. The van der Waals surface area contributed by atoms with Crippen LogP contribution in [0.4, 0.5) is 0 Å². The summed E-state index contributed by atoms with van der Waals surface area (Å²) in [5.41, 5.74) is 0.114. The SMILES string of the molecule is CC(=O)O[C@H]1CC(C)C2C[C@@H]3C(C)C(=O)O[C@@H]3C[C@@]2(C)C1. The van der Waals surface area contributed by atoms with Gasteiger partial charge in [-0.2, -0.15) is 0 Å². The number of ether oxygens (including phenoxy) is 2. The largest absolute Gasteiger partial charge is 0.463 e. The lowest BCUT2D eigenvalue weighted by atomic mass is 9.53. The first kappa shape index (κ1) is 14.9. The van der Waals surface area contributed by atoms with E-state index >= 15 is 0 Å². The molecule has 1 heterocycles. The Morgan fingerprint density at radius 2 is 2.00 bits per heavy atom. The van der Waals surface area contributed by atoms with Crippen LogP contribution in [-0.2, 0) is 19.1 Å². The second-order valence-corrected chi connectivity index (χ2v) is 7.78. The molecule has 0 aromatic rings. The van der Waals surface area contributed by atoms with Crippen molar-refractivity contribution >= 4 is 11.9 Å². The molecule has 1 saturated heterocycles. The summed E-state index contributed by atoms with van der Waals surface area (Å²) in [6.07, 6.45) is 3.92. The molecule has 118 valence electrons. The molecule has 2 saturated carbocycles. The fourth-order valence-electron chi connectivity index (χ4n) is 5.24. The third-order valence-corrected chi connectivity index (χ3v) is 6.20. The van der Waals surface area contributed by atoms with Crippen LogP contribution >= 0.6 is 0 Å². The van der Waals surface area contributed by atoms with Crippen molar-refractivity contribution in [1.82, 2.24) is 0 Å². The standard InChI is InChI=1S/C17H26O4/c1-9-5-12(20-11(3)18)7-17(4)8-15-13(6-14(9)17)10(2)16(19)21-15/h9-10,12-15H,5-8H2,1-4H3/t9?,10?,12-,13+,14?,15+,17+/m0/s1. The highest BCUT2D eigenvalue weighted by Crippen LogP contribution is 2.57. The van der Waals surface area contributed by atoms with E-state index in [1.807, 2.05) is 6.92 Å². The third kappa shape index (κ3) is 2.47. The molecule has 7 atom stereocenters. The van der Waals surface area contributed by atoms with Crippen LogP contribution < -0.4 is 0 Å². The van der Waals surface area contributed by atoms with Gasteiger partial charge in [0.25, 0.3) is 0 Å². The first-order valence-electron chi connectivity index (χ1n) is 8.18. The first-order chi connectivity index (χ1) is 9.80. The van der Waals surface area contributed by atoms with E-state index in [-0.39, 0.29) is 35.5 Å². The molecule has 3 aliphatic rings. The molecule has 0 N–H and O–H groups in total. The molecule has 1 aliphatic heterocycles. The van der Waals surface area contributed by atoms with E-state index < -0.39 is 0 Å². The van der Waals surface area contributed by atoms with Crippen LogP contribution in [0.15, 0.2) is 0 Å². The fraction of sp³-hybridized carbons (Fsp3) is 0.882. The Labute approximate surface area is 126 Å². The fourth-order valence-corrected chi connectivity index (χ4v) is 5.24. The lowest BCUT2D eigenvalue weighted by Gasteiger charge is -2.53. The zero-order valence-electron chi connectivity index (χ0n) is 13.4.